The molecule has 0 radical (unpaired) electrons. The molecule has 4 aromatic carbocycles. The molecule has 0 bridgehead atoms. The van der Waals surface area contributed by atoms with E-state index in [1.807, 2.05) is 0 Å². The van der Waals surface area contributed by atoms with Crippen LogP contribution < -0.4 is 15.9 Å². The molecule has 0 amide bonds. The largest absolute Gasteiger partial charge is 0.410 e. The normalized spacial score (nSPS) is 13.4. The third kappa shape index (κ3) is 5.73. The lowest BCUT2D eigenvalue weighted by Crippen LogP contribution is -2.42. The second-order valence-electron chi connectivity index (χ2n) is 11.1. The minimum absolute atomic E-state index is 0.0719. The Kier molecular flexibility index (Phi) is 8.30. The average Bonchev–Trinajstić information content (AvgIpc) is 2.90. The summed E-state index contributed by atoms with van der Waals surface area (Å²) in [6.45, 7) is 11.7. The Balaban J connectivity index is 1.82. The van der Waals surface area contributed by atoms with Crippen molar-refractivity contribution >= 4 is 31.5 Å². The molecule has 36 heavy (non-hydrogen) atoms. The van der Waals surface area contributed by atoms with Crippen LogP contribution in [0.15, 0.2) is 121 Å². The van der Waals surface area contributed by atoms with E-state index in [0.29, 0.717) is 0 Å². The second kappa shape index (κ2) is 11.3. The fourth-order valence-electron chi connectivity index (χ4n) is 4.69. The fourth-order valence-corrected chi connectivity index (χ4v) is 10.3. The lowest BCUT2D eigenvalue weighted by molar-refractivity contribution is 0.180. The van der Waals surface area contributed by atoms with Crippen LogP contribution in [0.3, 0.4) is 0 Å². The third-order valence-electron chi connectivity index (χ3n) is 7.73. The van der Waals surface area contributed by atoms with Gasteiger partial charge in [-0.15, -0.1) is 0 Å². The maximum Gasteiger partial charge on any atom is 0.192 e. The van der Waals surface area contributed by atoms with Crippen molar-refractivity contribution in [1.82, 2.24) is 0 Å². The zero-order valence-corrected chi connectivity index (χ0v) is 24.3. The van der Waals surface area contributed by atoms with E-state index in [1.54, 1.807) is 0 Å². The van der Waals surface area contributed by atoms with Gasteiger partial charge in [-0.05, 0) is 60.1 Å². The van der Waals surface area contributed by atoms with Gasteiger partial charge in [0.05, 0.1) is 12.3 Å². The van der Waals surface area contributed by atoms with Gasteiger partial charge < -0.3 is 4.43 Å². The summed E-state index contributed by atoms with van der Waals surface area (Å²) in [5, 5.41) is 4.45. The average molecular weight is 512 g/mol. The van der Waals surface area contributed by atoms with Gasteiger partial charge in [0.15, 0.2) is 8.32 Å². The SMILES string of the molecule is CC(C)(C)[Si](C)(C)OC(CC[P+](c1ccccc1)(c1ccccc1)c1ccccc1)c1ccccc1. The smallest absolute Gasteiger partial charge is 0.192 e. The molecule has 0 N–H and O–H groups in total. The zero-order chi connectivity index (χ0) is 25.7. The van der Waals surface area contributed by atoms with E-state index in [1.165, 1.54) is 21.5 Å². The highest BCUT2D eigenvalue weighted by Crippen LogP contribution is 2.57. The lowest BCUT2D eigenvalue weighted by Gasteiger charge is -2.40. The van der Waals surface area contributed by atoms with Crippen molar-refractivity contribution < 1.29 is 4.43 Å². The molecule has 0 spiro atoms. The maximum atomic E-state index is 7.15. The summed E-state index contributed by atoms with van der Waals surface area (Å²) in [4.78, 5) is 0. The lowest BCUT2D eigenvalue weighted by atomic mass is 10.1. The van der Waals surface area contributed by atoms with Crippen molar-refractivity contribution in [3.05, 3.63) is 127 Å². The highest BCUT2D eigenvalue weighted by atomic mass is 31.2. The van der Waals surface area contributed by atoms with Crippen molar-refractivity contribution in [3.63, 3.8) is 0 Å². The zero-order valence-electron chi connectivity index (χ0n) is 22.4. The maximum absolute atomic E-state index is 7.15. The van der Waals surface area contributed by atoms with Crippen LogP contribution in [-0.2, 0) is 4.43 Å². The van der Waals surface area contributed by atoms with Gasteiger partial charge in [-0.25, -0.2) is 0 Å². The van der Waals surface area contributed by atoms with E-state index in [0.717, 1.165) is 12.6 Å². The number of rotatable bonds is 9. The van der Waals surface area contributed by atoms with Gasteiger partial charge in [-0.2, -0.15) is 0 Å². The van der Waals surface area contributed by atoms with Crippen molar-refractivity contribution in [2.45, 2.75) is 51.4 Å². The first-order chi connectivity index (χ1) is 17.2. The monoisotopic (exact) mass is 511 g/mol. The molecule has 1 atom stereocenters. The molecule has 0 saturated carbocycles. The van der Waals surface area contributed by atoms with Crippen LogP contribution in [0.5, 0.6) is 0 Å². The first-order valence-electron chi connectivity index (χ1n) is 13.0. The number of benzene rings is 4. The Labute approximate surface area is 220 Å². The summed E-state index contributed by atoms with van der Waals surface area (Å²) in [5.74, 6) is 0. The molecule has 0 saturated heterocycles. The van der Waals surface area contributed by atoms with Crippen LogP contribution in [0, 0.1) is 0 Å². The molecule has 0 aliphatic carbocycles. The topological polar surface area (TPSA) is 9.23 Å². The Hall–Kier alpha value is -2.51. The predicted molar refractivity (Wildman–Crippen MR) is 162 cm³/mol. The third-order valence-corrected chi connectivity index (χ3v) is 16.7. The number of hydrogen-bond acceptors (Lipinski definition) is 1. The van der Waals surface area contributed by atoms with E-state index in [4.69, 9.17) is 4.43 Å². The summed E-state index contributed by atoms with van der Waals surface area (Å²) in [5.41, 5.74) is 1.29. The highest BCUT2D eigenvalue weighted by molar-refractivity contribution is 7.95. The molecular weight excluding hydrogens is 471 g/mol. The Morgan fingerprint density at radius 3 is 1.33 bits per heavy atom. The summed E-state index contributed by atoms with van der Waals surface area (Å²) in [6.07, 6.45) is 2.10. The second-order valence-corrected chi connectivity index (χ2v) is 19.5. The highest BCUT2D eigenvalue weighted by Gasteiger charge is 2.46. The van der Waals surface area contributed by atoms with Gasteiger partial charge in [0.1, 0.15) is 23.2 Å². The first-order valence-corrected chi connectivity index (χ1v) is 17.9. The molecule has 1 nitrogen and oxygen atoms in total. The van der Waals surface area contributed by atoms with E-state index in [9.17, 15) is 0 Å². The van der Waals surface area contributed by atoms with Crippen molar-refractivity contribution in [2.24, 2.45) is 0 Å². The van der Waals surface area contributed by atoms with Crippen molar-refractivity contribution in [1.29, 1.82) is 0 Å². The molecule has 4 aromatic rings. The van der Waals surface area contributed by atoms with Crippen LogP contribution in [0.1, 0.15) is 38.9 Å². The summed E-state index contributed by atoms with van der Waals surface area (Å²) >= 11 is 0. The van der Waals surface area contributed by atoms with E-state index in [2.05, 4.69) is 155 Å². The molecular formula is C33H40OPSi+. The van der Waals surface area contributed by atoms with Crippen LogP contribution in [0.2, 0.25) is 18.1 Å². The van der Waals surface area contributed by atoms with Crippen LogP contribution >= 0.6 is 7.26 Å². The van der Waals surface area contributed by atoms with Gasteiger partial charge in [-0.3, -0.25) is 0 Å². The minimum Gasteiger partial charge on any atom is -0.410 e. The molecule has 0 aliphatic rings. The van der Waals surface area contributed by atoms with Gasteiger partial charge in [0, 0.05) is 6.42 Å². The van der Waals surface area contributed by atoms with Gasteiger partial charge in [-0.1, -0.05) is 106 Å². The van der Waals surface area contributed by atoms with Crippen molar-refractivity contribution in [3.8, 4) is 0 Å². The van der Waals surface area contributed by atoms with E-state index in [-0.39, 0.29) is 11.1 Å². The van der Waals surface area contributed by atoms with Crippen molar-refractivity contribution in [2.75, 3.05) is 6.16 Å². The van der Waals surface area contributed by atoms with Crippen LogP contribution in [0.4, 0.5) is 0 Å². The quantitative estimate of drug-likeness (QED) is 0.163. The molecule has 1 unspecified atom stereocenters. The van der Waals surface area contributed by atoms with Gasteiger partial charge >= 0.3 is 0 Å². The van der Waals surface area contributed by atoms with E-state index >= 15 is 0 Å². The molecule has 0 aromatic heterocycles. The van der Waals surface area contributed by atoms with Gasteiger partial charge in [0.25, 0.3) is 0 Å². The Morgan fingerprint density at radius 1 is 0.611 bits per heavy atom. The van der Waals surface area contributed by atoms with Crippen LogP contribution in [0.25, 0.3) is 0 Å². The van der Waals surface area contributed by atoms with E-state index < -0.39 is 15.6 Å². The Morgan fingerprint density at radius 2 is 0.972 bits per heavy atom. The molecule has 0 heterocycles. The minimum atomic E-state index is -1.97. The molecule has 186 valence electrons. The summed E-state index contributed by atoms with van der Waals surface area (Å²) in [6, 6.07) is 44.4. The summed E-state index contributed by atoms with van der Waals surface area (Å²) < 4.78 is 7.15. The fraction of sp³-hybridized carbons (Fsp3) is 0.273. The molecule has 4 rings (SSSR count). The van der Waals surface area contributed by atoms with Crippen LogP contribution in [-0.4, -0.2) is 14.5 Å². The molecule has 0 fully saturated rings. The predicted octanol–water partition coefficient (Wildman–Crippen LogP) is 8.13. The van der Waals surface area contributed by atoms with Gasteiger partial charge in [0.2, 0.25) is 0 Å². The number of hydrogen-bond donors (Lipinski definition) is 0. The first kappa shape index (κ1) is 26.5. The Bertz CT molecular complexity index is 1110. The molecule has 0 aliphatic heterocycles. The molecule has 3 heteroatoms. The standard InChI is InChI=1S/C33H40OPSi/c1-33(2,3)36(4,5)34-32(28-18-10-6-11-19-28)26-27-35(29-20-12-7-13-21-29,30-22-14-8-15-23-30)31-24-16-9-17-25-31/h6-25,32H,26-27H2,1-5H3/q+1. The summed E-state index contributed by atoms with van der Waals surface area (Å²) in [7, 11) is -3.87.